The minimum atomic E-state index is 0.0337. The predicted molar refractivity (Wildman–Crippen MR) is 90.0 cm³/mol. The molecule has 0 aliphatic carbocycles. The molecule has 0 aromatic rings. The lowest BCUT2D eigenvalue weighted by Gasteiger charge is -2.23. The van der Waals surface area contributed by atoms with E-state index < -0.39 is 0 Å². The molecule has 1 atom stereocenters. The van der Waals surface area contributed by atoms with Crippen molar-refractivity contribution in [2.24, 2.45) is 0 Å². The van der Waals surface area contributed by atoms with Crippen LogP contribution >= 0.6 is 0 Å². The number of carbonyl (C=O) groups excluding carboxylic acids is 1. The van der Waals surface area contributed by atoms with Gasteiger partial charge in [-0.1, -0.05) is 6.92 Å². The molecule has 0 aromatic carbocycles. The molecule has 0 saturated carbocycles. The third kappa shape index (κ3) is 9.54. The van der Waals surface area contributed by atoms with Crippen molar-refractivity contribution in [3.05, 3.63) is 0 Å². The predicted octanol–water partition coefficient (Wildman–Crippen LogP) is 0.836. The van der Waals surface area contributed by atoms with Crippen LogP contribution in [0.1, 0.15) is 32.6 Å². The Kier molecular flexibility index (Phi) is 13.0. The van der Waals surface area contributed by atoms with Crippen LogP contribution in [0.2, 0.25) is 0 Å². The standard InChI is InChI=1S/C17H33NO6/c1-2-16-4-3-6-18(16)17(20)5-8-21-10-12-23-14-15-24-13-11-22-9-7-19/h16,19H,2-15H2,1H3. The van der Waals surface area contributed by atoms with E-state index in [-0.39, 0.29) is 12.5 Å². The summed E-state index contributed by atoms with van der Waals surface area (Å²) in [6, 6.07) is 0.426. The van der Waals surface area contributed by atoms with Gasteiger partial charge in [0.1, 0.15) is 0 Å². The third-order valence-corrected chi connectivity index (χ3v) is 3.98. The van der Waals surface area contributed by atoms with E-state index in [1.54, 1.807) is 0 Å². The molecule has 7 nitrogen and oxygen atoms in total. The van der Waals surface area contributed by atoms with E-state index in [1.807, 2.05) is 4.90 Å². The van der Waals surface area contributed by atoms with Gasteiger partial charge in [-0.2, -0.15) is 0 Å². The minimum Gasteiger partial charge on any atom is -0.394 e. The highest BCUT2D eigenvalue weighted by molar-refractivity contribution is 5.76. The molecule has 0 bridgehead atoms. The van der Waals surface area contributed by atoms with E-state index in [4.69, 9.17) is 24.1 Å². The Morgan fingerprint density at radius 1 is 0.958 bits per heavy atom. The molecular formula is C17H33NO6. The Morgan fingerprint density at radius 3 is 2.04 bits per heavy atom. The van der Waals surface area contributed by atoms with Crippen LogP contribution in [-0.2, 0) is 23.7 Å². The fraction of sp³-hybridized carbons (Fsp3) is 0.941. The number of carbonyl (C=O) groups is 1. The quantitative estimate of drug-likeness (QED) is 0.442. The van der Waals surface area contributed by atoms with Gasteiger partial charge in [0.15, 0.2) is 0 Å². The lowest BCUT2D eigenvalue weighted by molar-refractivity contribution is -0.133. The summed E-state index contributed by atoms with van der Waals surface area (Å²) in [4.78, 5) is 14.1. The van der Waals surface area contributed by atoms with Crippen molar-refractivity contribution in [3.8, 4) is 0 Å². The van der Waals surface area contributed by atoms with Crippen molar-refractivity contribution in [2.75, 3.05) is 66.0 Å². The third-order valence-electron chi connectivity index (χ3n) is 3.98. The van der Waals surface area contributed by atoms with Gasteiger partial charge in [0, 0.05) is 12.6 Å². The smallest absolute Gasteiger partial charge is 0.225 e. The van der Waals surface area contributed by atoms with Crippen molar-refractivity contribution in [2.45, 2.75) is 38.6 Å². The lowest BCUT2D eigenvalue weighted by Crippen LogP contribution is -2.35. The first kappa shape index (κ1) is 21.3. The number of hydrogen-bond donors (Lipinski definition) is 1. The van der Waals surface area contributed by atoms with E-state index in [0.717, 1.165) is 25.8 Å². The van der Waals surface area contributed by atoms with Crippen molar-refractivity contribution in [1.82, 2.24) is 4.90 Å². The molecule has 1 rings (SSSR count). The molecule has 24 heavy (non-hydrogen) atoms. The van der Waals surface area contributed by atoms with Crippen LogP contribution in [0.25, 0.3) is 0 Å². The van der Waals surface area contributed by atoms with Crippen LogP contribution in [-0.4, -0.2) is 88.0 Å². The maximum Gasteiger partial charge on any atom is 0.225 e. The van der Waals surface area contributed by atoms with Gasteiger partial charge < -0.3 is 29.0 Å². The average Bonchev–Trinajstić information content (AvgIpc) is 3.07. The van der Waals surface area contributed by atoms with Crippen LogP contribution in [0.3, 0.4) is 0 Å². The zero-order valence-electron chi connectivity index (χ0n) is 14.9. The monoisotopic (exact) mass is 347 g/mol. The SMILES string of the molecule is CCC1CCCN1C(=O)CCOCCOCCOCCOCCO. The number of aliphatic hydroxyl groups is 1. The maximum absolute atomic E-state index is 12.1. The van der Waals surface area contributed by atoms with Gasteiger partial charge in [0.25, 0.3) is 0 Å². The molecular weight excluding hydrogens is 314 g/mol. The van der Waals surface area contributed by atoms with Crippen LogP contribution in [0.5, 0.6) is 0 Å². The zero-order valence-corrected chi connectivity index (χ0v) is 14.9. The van der Waals surface area contributed by atoms with Crippen molar-refractivity contribution >= 4 is 5.91 Å². The molecule has 1 aliphatic heterocycles. The van der Waals surface area contributed by atoms with E-state index in [0.29, 0.717) is 65.3 Å². The normalized spacial score (nSPS) is 17.6. The molecule has 0 radical (unpaired) electrons. The van der Waals surface area contributed by atoms with Crippen LogP contribution in [0, 0.1) is 0 Å². The summed E-state index contributed by atoms with van der Waals surface area (Å²) in [5.74, 6) is 0.206. The average molecular weight is 347 g/mol. The number of hydrogen-bond acceptors (Lipinski definition) is 6. The summed E-state index contributed by atoms with van der Waals surface area (Å²) in [5.41, 5.74) is 0. The van der Waals surface area contributed by atoms with Gasteiger partial charge in [-0.3, -0.25) is 4.79 Å². The molecule has 142 valence electrons. The fourth-order valence-corrected chi connectivity index (χ4v) is 2.72. The second kappa shape index (κ2) is 14.6. The van der Waals surface area contributed by atoms with Crippen LogP contribution in [0.4, 0.5) is 0 Å². The van der Waals surface area contributed by atoms with Gasteiger partial charge in [-0.05, 0) is 19.3 Å². The lowest BCUT2D eigenvalue weighted by atomic mass is 10.1. The van der Waals surface area contributed by atoms with Crippen molar-refractivity contribution < 1.29 is 28.8 Å². The van der Waals surface area contributed by atoms with E-state index >= 15 is 0 Å². The molecule has 1 aliphatic rings. The topological polar surface area (TPSA) is 77.5 Å². The Morgan fingerprint density at radius 2 is 1.50 bits per heavy atom. The first-order valence-corrected chi connectivity index (χ1v) is 9.00. The van der Waals surface area contributed by atoms with Gasteiger partial charge >= 0.3 is 0 Å². The van der Waals surface area contributed by atoms with Gasteiger partial charge in [-0.25, -0.2) is 0 Å². The summed E-state index contributed by atoms with van der Waals surface area (Å²) in [5, 5.41) is 8.52. The number of rotatable bonds is 15. The Hall–Kier alpha value is -0.730. The zero-order chi connectivity index (χ0) is 17.5. The second-order valence-electron chi connectivity index (χ2n) is 5.71. The van der Waals surface area contributed by atoms with Crippen LogP contribution < -0.4 is 0 Å². The molecule has 1 N–H and O–H groups in total. The van der Waals surface area contributed by atoms with Gasteiger partial charge in [-0.15, -0.1) is 0 Å². The molecule has 1 amide bonds. The molecule has 1 heterocycles. The Labute approximate surface area is 145 Å². The first-order chi connectivity index (χ1) is 11.8. The molecule has 1 saturated heterocycles. The van der Waals surface area contributed by atoms with Crippen molar-refractivity contribution in [3.63, 3.8) is 0 Å². The van der Waals surface area contributed by atoms with E-state index in [1.165, 1.54) is 0 Å². The van der Waals surface area contributed by atoms with Crippen molar-refractivity contribution in [1.29, 1.82) is 0 Å². The van der Waals surface area contributed by atoms with Crippen LogP contribution in [0.15, 0.2) is 0 Å². The summed E-state index contributed by atoms with van der Waals surface area (Å²) in [6.07, 6.45) is 3.74. The number of aliphatic hydroxyl groups excluding tert-OH is 1. The highest BCUT2D eigenvalue weighted by Gasteiger charge is 2.26. The number of nitrogens with zero attached hydrogens (tertiary/aromatic N) is 1. The molecule has 1 unspecified atom stereocenters. The number of likely N-dealkylation sites (tertiary alicyclic amines) is 1. The summed E-state index contributed by atoms with van der Waals surface area (Å²) >= 11 is 0. The number of ether oxygens (including phenoxy) is 4. The minimum absolute atomic E-state index is 0.0337. The highest BCUT2D eigenvalue weighted by Crippen LogP contribution is 2.20. The molecule has 7 heteroatoms. The van der Waals surface area contributed by atoms with E-state index in [9.17, 15) is 4.79 Å². The van der Waals surface area contributed by atoms with Gasteiger partial charge in [0.2, 0.25) is 5.91 Å². The highest BCUT2D eigenvalue weighted by atomic mass is 16.6. The number of amides is 1. The molecule has 1 fully saturated rings. The summed E-state index contributed by atoms with van der Waals surface area (Å²) < 4.78 is 21.2. The Balaban J connectivity index is 1.83. The second-order valence-corrected chi connectivity index (χ2v) is 5.71. The maximum atomic E-state index is 12.1. The largest absolute Gasteiger partial charge is 0.394 e. The Bertz CT molecular complexity index is 315. The van der Waals surface area contributed by atoms with E-state index in [2.05, 4.69) is 6.92 Å². The molecule has 0 aromatic heterocycles. The van der Waals surface area contributed by atoms with Gasteiger partial charge in [0.05, 0.1) is 65.9 Å². The first-order valence-electron chi connectivity index (χ1n) is 9.00. The summed E-state index contributed by atoms with van der Waals surface area (Å²) in [7, 11) is 0. The summed E-state index contributed by atoms with van der Waals surface area (Å²) in [6.45, 7) is 6.84. The molecule has 0 spiro atoms. The fourth-order valence-electron chi connectivity index (χ4n) is 2.72.